The maximum absolute atomic E-state index is 12.4. The van der Waals surface area contributed by atoms with Crippen LogP contribution in [0, 0.1) is 17.8 Å². The van der Waals surface area contributed by atoms with Gasteiger partial charge in [0.25, 0.3) is 0 Å². The average Bonchev–Trinajstić information content (AvgIpc) is 2.50. The van der Waals surface area contributed by atoms with Crippen LogP contribution in [-0.4, -0.2) is 42.4 Å². The molecule has 1 fully saturated rings. The summed E-state index contributed by atoms with van der Waals surface area (Å²) in [6.45, 7) is 10.00. The number of hydrogen-bond acceptors (Lipinski definition) is 3. The van der Waals surface area contributed by atoms with Crippen molar-refractivity contribution in [3.8, 4) is 0 Å². The summed E-state index contributed by atoms with van der Waals surface area (Å²) in [5, 5.41) is 2.97. The number of carbonyl (C=O) groups is 2. The van der Waals surface area contributed by atoms with Crippen LogP contribution in [0.1, 0.15) is 47.0 Å². The number of halogens is 1. The highest BCUT2D eigenvalue weighted by molar-refractivity contribution is 5.85. The first kappa shape index (κ1) is 21.2. The molecule has 0 aromatic carbocycles. The molecule has 5 nitrogen and oxygen atoms in total. The molecule has 0 saturated carbocycles. The number of carbonyl (C=O) groups excluding carboxylic acids is 2. The van der Waals surface area contributed by atoms with Crippen LogP contribution in [0.25, 0.3) is 0 Å². The summed E-state index contributed by atoms with van der Waals surface area (Å²) >= 11 is 0. The molecule has 0 aromatic heterocycles. The van der Waals surface area contributed by atoms with Gasteiger partial charge in [-0.15, -0.1) is 12.4 Å². The summed E-state index contributed by atoms with van der Waals surface area (Å²) < 4.78 is 0. The van der Waals surface area contributed by atoms with Gasteiger partial charge in [-0.1, -0.05) is 34.1 Å². The molecule has 0 spiro atoms. The lowest BCUT2D eigenvalue weighted by Crippen LogP contribution is -2.51. The Morgan fingerprint density at radius 1 is 1.32 bits per heavy atom. The molecule has 6 heteroatoms. The van der Waals surface area contributed by atoms with E-state index in [-0.39, 0.29) is 36.1 Å². The lowest BCUT2D eigenvalue weighted by molar-refractivity contribution is -0.135. The third-order valence-corrected chi connectivity index (χ3v) is 4.46. The van der Waals surface area contributed by atoms with Crippen LogP contribution in [0.5, 0.6) is 0 Å². The van der Waals surface area contributed by atoms with E-state index in [1.54, 1.807) is 0 Å². The van der Waals surface area contributed by atoms with Crippen molar-refractivity contribution in [2.24, 2.45) is 23.5 Å². The van der Waals surface area contributed by atoms with Crippen molar-refractivity contribution in [1.29, 1.82) is 0 Å². The Bertz CT molecular complexity index is 363. The van der Waals surface area contributed by atoms with Gasteiger partial charge < -0.3 is 16.0 Å². The summed E-state index contributed by atoms with van der Waals surface area (Å²) in [7, 11) is 0. The first-order valence-electron chi connectivity index (χ1n) is 8.18. The van der Waals surface area contributed by atoms with Crippen LogP contribution in [0.3, 0.4) is 0 Å². The minimum atomic E-state index is -0.404. The molecular formula is C16H32ClN3O2. The molecule has 0 aliphatic carbocycles. The molecule has 2 amide bonds. The predicted octanol–water partition coefficient (Wildman–Crippen LogP) is 1.79. The summed E-state index contributed by atoms with van der Waals surface area (Å²) in [5.74, 6) is 0.692. The van der Waals surface area contributed by atoms with E-state index in [0.29, 0.717) is 19.0 Å². The van der Waals surface area contributed by atoms with Gasteiger partial charge in [0, 0.05) is 25.6 Å². The number of piperidine rings is 1. The SMILES string of the molecule is CCC(C)C(N)C(=O)N1CCCC(CNC(=O)C(C)C)C1.Cl. The van der Waals surface area contributed by atoms with Gasteiger partial charge in [-0.2, -0.15) is 0 Å². The minimum Gasteiger partial charge on any atom is -0.356 e. The van der Waals surface area contributed by atoms with E-state index in [1.165, 1.54) is 0 Å². The van der Waals surface area contributed by atoms with Gasteiger partial charge in [0.05, 0.1) is 6.04 Å². The number of amides is 2. The largest absolute Gasteiger partial charge is 0.356 e. The van der Waals surface area contributed by atoms with Gasteiger partial charge in [-0.3, -0.25) is 9.59 Å². The van der Waals surface area contributed by atoms with Crippen molar-refractivity contribution in [2.75, 3.05) is 19.6 Å². The number of nitrogens with one attached hydrogen (secondary N) is 1. The molecule has 1 saturated heterocycles. The zero-order valence-electron chi connectivity index (χ0n) is 14.3. The zero-order chi connectivity index (χ0) is 16.0. The van der Waals surface area contributed by atoms with Crippen LogP contribution >= 0.6 is 12.4 Å². The van der Waals surface area contributed by atoms with Crippen molar-refractivity contribution in [3.63, 3.8) is 0 Å². The van der Waals surface area contributed by atoms with Crippen LogP contribution in [-0.2, 0) is 9.59 Å². The van der Waals surface area contributed by atoms with Crippen molar-refractivity contribution in [2.45, 2.75) is 53.0 Å². The Balaban J connectivity index is 0.00000441. The third kappa shape index (κ3) is 6.13. The van der Waals surface area contributed by atoms with Gasteiger partial charge in [-0.05, 0) is 24.7 Å². The van der Waals surface area contributed by atoms with Gasteiger partial charge in [0.15, 0.2) is 0 Å². The molecule has 1 rings (SSSR count). The summed E-state index contributed by atoms with van der Waals surface area (Å²) in [6.07, 6.45) is 2.95. The van der Waals surface area contributed by atoms with E-state index in [1.807, 2.05) is 25.7 Å². The Kier molecular flexibility index (Phi) is 9.69. The van der Waals surface area contributed by atoms with E-state index in [2.05, 4.69) is 12.2 Å². The fraction of sp³-hybridized carbons (Fsp3) is 0.875. The van der Waals surface area contributed by atoms with Gasteiger partial charge in [-0.25, -0.2) is 0 Å². The standard InChI is InChI=1S/C16H31N3O2.ClH/c1-5-12(4)14(17)16(21)19-8-6-7-13(10-19)9-18-15(20)11(2)3;/h11-14H,5-10,17H2,1-4H3,(H,18,20);1H. The Morgan fingerprint density at radius 3 is 2.50 bits per heavy atom. The molecule has 0 bridgehead atoms. The monoisotopic (exact) mass is 333 g/mol. The summed E-state index contributed by atoms with van der Waals surface area (Å²) in [4.78, 5) is 25.9. The number of nitrogens with two attached hydrogens (primary N) is 1. The molecule has 3 atom stereocenters. The average molecular weight is 334 g/mol. The van der Waals surface area contributed by atoms with Crippen LogP contribution in [0.15, 0.2) is 0 Å². The molecule has 1 aliphatic rings. The Labute approximate surface area is 140 Å². The first-order chi connectivity index (χ1) is 9.86. The molecular weight excluding hydrogens is 302 g/mol. The highest BCUT2D eigenvalue weighted by atomic mass is 35.5. The van der Waals surface area contributed by atoms with E-state index < -0.39 is 6.04 Å². The Morgan fingerprint density at radius 2 is 1.95 bits per heavy atom. The fourth-order valence-corrected chi connectivity index (χ4v) is 2.59. The predicted molar refractivity (Wildman–Crippen MR) is 91.8 cm³/mol. The van der Waals surface area contributed by atoms with E-state index in [4.69, 9.17) is 5.73 Å². The minimum absolute atomic E-state index is 0. The molecule has 0 aromatic rings. The van der Waals surface area contributed by atoms with E-state index in [9.17, 15) is 9.59 Å². The molecule has 130 valence electrons. The van der Waals surface area contributed by atoms with Gasteiger partial charge in [0.1, 0.15) is 0 Å². The fourth-order valence-electron chi connectivity index (χ4n) is 2.59. The normalized spacial score (nSPS) is 21.0. The van der Waals surface area contributed by atoms with Gasteiger partial charge in [0.2, 0.25) is 11.8 Å². The summed E-state index contributed by atoms with van der Waals surface area (Å²) in [5.41, 5.74) is 6.05. The quantitative estimate of drug-likeness (QED) is 0.778. The highest BCUT2D eigenvalue weighted by Crippen LogP contribution is 2.18. The number of rotatable bonds is 6. The second-order valence-corrected chi connectivity index (χ2v) is 6.60. The van der Waals surface area contributed by atoms with Crippen molar-refractivity contribution >= 4 is 24.2 Å². The third-order valence-electron chi connectivity index (χ3n) is 4.46. The maximum atomic E-state index is 12.4. The zero-order valence-corrected chi connectivity index (χ0v) is 15.1. The van der Waals surface area contributed by atoms with E-state index in [0.717, 1.165) is 25.8 Å². The van der Waals surface area contributed by atoms with Crippen molar-refractivity contribution in [1.82, 2.24) is 10.2 Å². The molecule has 1 aliphatic heterocycles. The van der Waals surface area contributed by atoms with Crippen molar-refractivity contribution < 1.29 is 9.59 Å². The topological polar surface area (TPSA) is 75.4 Å². The second kappa shape index (κ2) is 10.1. The maximum Gasteiger partial charge on any atom is 0.239 e. The molecule has 1 heterocycles. The number of likely N-dealkylation sites (tertiary alicyclic amines) is 1. The second-order valence-electron chi connectivity index (χ2n) is 6.60. The lowest BCUT2D eigenvalue weighted by Gasteiger charge is -2.35. The molecule has 22 heavy (non-hydrogen) atoms. The van der Waals surface area contributed by atoms with Gasteiger partial charge >= 0.3 is 0 Å². The molecule has 3 N–H and O–H groups in total. The first-order valence-corrected chi connectivity index (χ1v) is 8.18. The number of hydrogen-bond donors (Lipinski definition) is 2. The molecule has 0 radical (unpaired) electrons. The van der Waals surface area contributed by atoms with Crippen LogP contribution in [0.2, 0.25) is 0 Å². The van der Waals surface area contributed by atoms with Crippen LogP contribution in [0.4, 0.5) is 0 Å². The number of nitrogens with zero attached hydrogens (tertiary/aromatic N) is 1. The van der Waals surface area contributed by atoms with E-state index >= 15 is 0 Å². The lowest BCUT2D eigenvalue weighted by atomic mass is 9.94. The molecule has 3 unspecified atom stereocenters. The van der Waals surface area contributed by atoms with Crippen molar-refractivity contribution in [3.05, 3.63) is 0 Å². The Hall–Kier alpha value is -0.810. The highest BCUT2D eigenvalue weighted by Gasteiger charge is 2.29. The van der Waals surface area contributed by atoms with Crippen LogP contribution < -0.4 is 11.1 Å². The smallest absolute Gasteiger partial charge is 0.239 e. The summed E-state index contributed by atoms with van der Waals surface area (Å²) in [6, 6.07) is -0.404.